The van der Waals surface area contributed by atoms with Crippen LogP contribution < -0.4 is 5.32 Å². The lowest BCUT2D eigenvalue weighted by Gasteiger charge is -2.38. The summed E-state index contributed by atoms with van der Waals surface area (Å²) in [5, 5.41) is 3.55. The Kier molecular flexibility index (Phi) is 6.11. The fraction of sp³-hybridized carbons (Fsp3) is 1.00. The second kappa shape index (κ2) is 7.61. The Morgan fingerprint density at radius 1 is 1.11 bits per heavy atom. The minimum Gasteiger partial charge on any atom is -0.316 e. The Hall–Kier alpha value is -0.120. The van der Waals surface area contributed by atoms with E-state index in [9.17, 15) is 0 Å². The van der Waals surface area contributed by atoms with Crippen molar-refractivity contribution in [3.8, 4) is 0 Å². The zero-order chi connectivity index (χ0) is 13.7. The highest BCUT2D eigenvalue weighted by atomic mass is 15.3. The first-order chi connectivity index (χ1) is 9.16. The van der Waals surface area contributed by atoms with Gasteiger partial charge < -0.3 is 10.2 Å². The molecule has 2 atom stereocenters. The van der Waals surface area contributed by atoms with Gasteiger partial charge in [0, 0.05) is 32.2 Å². The van der Waals surface area contributed by atoms with Crippen LogP contribution in [0, 0.1) is 11.8 Å². The normalized spacial score (nSPS) is 28.7. The van der Waals surface area contributed by atoms with Gasteiger partial charge in [0.1, 0.15) is 0 Å². The lowest BCUT2D eigenvalue weighted by molar-refractivity contribution is 0.101. The van der Waals surface area contributed by atoms with Gasteiger partial charge in [-0.3, -0.25) is 4.90 Å². The van der Waals surface area contributed by atoms with Crippen LogP contribution >= 0.6 is 0 Å². The SMILES string of the molecule is CC(CCN1CCN(C(C)C)CC1)C1CCCNC1. The van der Waals surface area contributed by atoms with Gasteiger partial charge in [0.15, 0.2) is 0 Å². The van der Waals surface area contributed by atoms with Crippen molar-refractivity contribution in [1.82, 2.24) is 15.1 Å². The monoisotopic (exact) mass is 267 g/mol. The molecule has 0 aromatic carbocycles. The summed E-state index contributed by atoms with van der Waals surface area (Å²) in [5.74, 6) is 1.81. The van der Waals surface area contributed by atoms with E-state index in [4.69, 9.17) is 0 Å². The van der Waals surface area contributed by atoms with E-state index in [1.165, 1.54) is 65.1 Å². The molecule has 2 aliphatic rings. The number of piperazine rings is 1. The lowest BCUT2D eigenvalue weighted by atomic mass is 9.85. The van der Waals surface area contributed by atoms with E-state index in [0.29, 0.717) is 0 Å². The summed E-state index contributed by atoms with van der Waals surface area (Å²) in [6, 6.07) is 0.717. The van der Waals surface area contributed by atoms with Crippen molar-refractivity contribution in [2.45, 2.75) is 46.1 Å². The van der Waals surface area contributed by atoms with E-state index >= 15 is 0 Å². The van der Waals surface area contributed by atoms with E-state index in [0.717, 1.165) is 17.9 Å². The van der Waals surface area contributed by atoms with Gasteiger partial charge in [-0.05, 0) is 64.6 Å². The average Bonchev–Trinajstić information content (AvgIpc) is 2.46. The topological polar surface area (TPSA) is 18.5 Å². The summed E-state index contributed by atoms with van der Waals surface area (Å²) < 4.78 is 0. The largest absolute Gasteiger partial charge is 0.316 e. The lowest BCUT2D eigenvalue weighted by Crippen LogP contribution is -2.49. The van der Waals surface area contributed by atoms with Crippen LogP contribution in [0.15, 0.2) is 0 Å². The maximum Gasteiger partial charge on any atom is 0.0113 e. The molecule has 0 radical (unpaired) electrons. The fourth-order valence-electron chi connectivity index (χ4n) is 3.49. The van der Waals surface area contributed by atoms with E-state index in [-0.39, 0.29) is 0 Å². The Balaban J connectivity index is 1.63. The predicted octanol–water partition coefficient (Wildman–Crippen LogP) is 2.04. The molecule has 19 heavy (non-hydrogen) atoms. The first kappa shape index (κ1) is 15.3. The molecule has 0 aromatic heterocycles. The Labute approximate surface area is 119 Å². The van der Waals surface area contributed by atoms with Crippen molar-refractivity contribution in [2.24, 2.45) is 11.8 Å². The van der Waals surface area contributed by atoms with Gasteiger partial charge in [-0.1, -0.05) is 6.92 Å². The molecule has 2 aliphatic heterocycles. The molecule has 2 saturated heterocycles. The van der Waals surface area contributed by atoms with Crippen LogP contribution in [0.4, 0.5) is 0 Å². The minimum absolute atomic E-state index is 0.717. The second-order valence-corrected chi connectivity index (χ2v) is 6.84. The van der Waals surface area contributed by atoms with E-state index in [2.05, 4.69) is 35.9 Å². The molecule has 2 rings (SSSR count). The Morgan fingerprint density at radius 2 is 1.84 bits per heavy atom. The van der Waals surface area contributed by atoms with Crippen molar-refractivity contribution in [3.05, 3.63) is 0 Å². The highest BCUT2D eigenvalue weighted by molar-refractivity contribution is 4.77. The van der Waals surface area contributed by atoms with Crippen molar-refractivity contribution in [3.63, 3.8) is 0 Å². The van der Waals surface area contributed by atoms with Gasteiger partial charge in [0.25, 0.3) is 0 Å². The first-order valence-corrected chi connectivity index (χ1v) is 8.34. The first-order valence-electron chi connectivity index (χ1n) is 8.34. The van der Waals surface area contributed by atoms with Crippen molar-refractivity contribution < 1.29 is 0 Å². The molecule has 0 amide bonds. The number of hydrogen-bond donors (Lipinski definition) is 1. The molecule has 2 heterocycles. The van der Waals surface area contributed by atoms with E-state index in [1.54, 1.807) is 0 Å². The highest BCUT2D eigenvalue weighted by Gasteiger charge is 2.22. The number of hydrogen-bond acceptors (Lipinski definition) is 3. The van der Waals surface area contributed by atoms with Crippen LogP contribution in [0.1, 0.15) is 40.0 Å². The third kappa shape index (κ3) is 4.73. The van der Waals surface area contributed by atoms with Crippen LogP contribution in [0.25, 0.3) is 0 Å². The highest BCUT2D eigenvalue weighted by Crippen LogP contribution is 2.23. The second-order valence-electron chi connectivity index (χ2n) is 6.84. The molecule has 0 saturated carbocycles. The zero-order valence-electron chi connectivity index (χ0n) is 13.2. The van der Waals surface area contributed by atoms with Gasteiger partial charge in [-0.25, -0.2) is 0 Å². The molecular weight excluding hydrogens is 234 g/mol. The molecule has 2 fully saturated rings. The molecule has 0 spiro atoms. The fourth-order valence-corrected chi connectivity index (χ4v) is 3.49. The molecule has 0 aromatic rings. The summed E-state index contributed by atoms with van der Waals surface area (Å²) in [7, 11) is 0. The molecule has 0 bridgehead atoms. The molecular formula is C16H33N3. The number of rotatable bonds is 5. The van der Waals surface area contributed by atoms with Crippen LogP contribution in [0.3, 0.4) is 0 Å². The molecule has 3 heteroatoms. The van der Waals surface area contributed by atoms with Crippen molar-refractivity contribution >= 4 is 0 Å². The predicted molar refractivity (Wildman–Crippen MR) is 82.5 cm³/mol. The maximum atomic E-state index is 3.55. The van der Waals surface area contributed by atoms with Crippen molar-refractivity contribution in [1.29, 1.82) is 0 Å². The Morgan fingerprint density at radius 3 is 2.42 bits per heavy atom. The summed E-state index contributed by atoms with van der Waals surface area (Å²) in [6.45, 7) is 16.0. The van der Waals surface area contributed by atoms with Crippen LogP contribution in [-0.4, -0.2) is 61.7 Å². The number of piperidine rings is 1. The van der Waals surface area contributed by atoms with Gasteiger partial charge in [0.05, 0.1) is 0 Å². The summed E-state index contributed by atoms with van der Waals surface area (Å²) in [4.78, 5) is 5.27. The molecule has 3 nitrogen and oxygen atoms in total. The molecule has 2 unspecified atom stereocenters. The maximum absolute atomic E-state index is 3.55. The third-order valence-corrected chi connectivity index (χ3v) is 5.18. The van der Waals surface area contributed by atoms with Gasteiger partial charge in [0.2, 0.25) is 0 Å². The molecule has 1 N–H and O–H groups in total. The van der Waals surface area contributed by atoms with E-state index < -0.39 is 0 Å². The molecule has 112 valence electrons. The summed E-state index contributed by atoms with van der Waals surface area (Å²) in [5.41, 5.74) is 0. The van der Waals surface area contributed by atoms with Gasteiger partial charge >= 0.3 is 0 Å². The van der Waals surface area contributed by atoms with Crippen LogP contribution in [0.2, 0.25) is 0 Å². The third-order valence-electron chi connectivity index (χ3n) is 5.18. The van der Waals surface area contributed by atoms with Gasteiger partial charge in [-0.2, -0.15) is 0 Å². The Bertz CT molecular complexity index is 240. The zero-order valence-corrected chi connectivity index (χ0v) is 13.2. The minimum atomic E-state index is 0.717. The quantitative estimate of drug-likeness (QED) is 0.822. The summed E-state index contributed by atoms with van der Waals surface area (Å²) >= 11 is 0. The van der Waals surface area contributed by atoms with E-state index in [1.807, 2.05) is 0 Å². The van der Waals surface area contributed by atoms with Gasteiger partial charge in [-0.15, -0.1) is 0 Å². The summed E-state index contributed by atoms with van der Waals surface area (Å²) in [6.07, 6.45) is 4.20. The number of nitrogens with zero attached hydrogens (tertiary/aromatic N) is 2. The molecule has 0 aliphatic carbocycles. The number of nitrogens with one attached hydrogen (secondary N) is 1. The van der Waals surface area contributed by atoms with Crippen molar-refractivity contribution in [2.75, 3.05) is 45.8 Å². The standard InChI is InChI=1S/C16H33N3/c1-14(2)19-11-9-18(10-12-19)8-6-15(3)16-5-4-7-17-13-16/h14-17H,4-13H2,1-3H3. The van der Waals surface area contributed by atoms with Crippen LogP contribution in [0.5, 0.6) is 0 Å². The average molecular weight is 267 g/mol. The van der Waals surface area contributed by atoms with Crippen LogP contribution in [-0.2, 0) is 0 Å². The smallest absolute Gasteiger partial charge is 0.0113 e.